The fourth-order valence-corrected chi connectivity index (χ4v) is 5.71. The number of H-pyrrole nitrogens is 1. The molecule has 1 unspecified atom stereocenters. The molecule has 1 aliphatic rings. The number of piperazine rings is 1. The van der Waals surface area contributed by atoms with E-state index in [9.17, 15) is 9.59 Å². The van der Waals surface area contributed by atoms with Gasteiger partial charge in [0, 0.05) is 43.3 Å². The molecular weight excluding hydrogens is 454 g/mol. The molecule has 0 aliphatic carbocycles. The van der Waals surface area contributed by atoms with Crippen LogP contribution in [0.25, 0.3) is 10.2 Å². The van der Waals surface area contributed by atoms with Crippen molar-refractivity contribution in [2.75, 3.05) is 38.5 Å². The highest BCUT2D eigenvalue weighted by Crippen LogP contribution is 2.26. The van der Waals surface area contributed by atoms with E-state index in [0.29, 0.717) is 17.0 Å². The number of aromatic amines is 1. The molecule has 1 saturated heterocycles. The van der Waals surface area contributed by atoms with E-state index in [2.05, 4.69) is 44.3 Å². The predicted molar refractivity (Wildman–Crippen MR) is 138 cm³/mol. The molecule has 1 amide bonds. The Kier molecular flexibility index (Phi) is 7.53. The highest BCUT2D eigenvalue weighted by molar-refractivity contribution is 7.99. The van der Waals surface area contributed by atoms with Crippen LogP contribution in [0.3, 0.4) is 0 Å². The minimum atomic E-state index is -0.279. The second kappa shape index (κ2) is 10.4. The minimum Gasteiger partial charge on any atom is -0.325 e. The standard InChI is InChI=1S/C24H31N5O2S2/c1-15-16(2)33-24-21(15)23(31)26-20(27-24)14-32-17(3)22(30)25-19-7-5-6-18(12-19)13-29-10-8-28(4)9-11-29/h5-7,12,17H,8-11,13-14H2,1-4H3,(H,25,30)(H,26,27,31). The van der Waals surface area contributed by atoms with Gasteiger partial charge in [-0.15, -0.1) is 23.1 Å². The van der Waals surface area contributed by atoms with Gasteiger partial charge in [-0.3, -0.25) is 14.5 Å². The van der Waals surface area contributed by atoms with Crippen LogP contribution < -0.4 is 10.9 Å². The Morgan fingerprint density at radius 2 is 2.03 bits per heavy atom. The van der Waals surface area contributed by atoms with Crippen LogP contribution in [0.15, 0.2) is 29.1 Å². The molecule has 176 valence electrons. The van der Waals surface area contributed by atoms with Crippen molar-refractivity contribution < 1.29 is 4.79 Å². The van der Waals surface area contributed by atoms with E-state index in [1.165, 1.54) is 28.7 Å². The third-order valence-electron chi connectivity index (χ3n) is 6.12. The van der Waals surface area contributed by atoms with Gasteiger partial charge in [-0.05, 0) is 51.1 Å². The largest absolute Gasteiger partial charge is 0.325 e. The number of nitrogens with zero attached hydrogens (tertiary/aromatic N) is 3. The molecule has 33 heavy (non-hydrogen) atoms. The van der Waals surface area contributed by atoms with Crippen molar-refractivity contribution in [1.82, 2.24) is 19.8 Å². The minimum absolute atomic E-state index is 0.0528. The molecule has 2 aromatic heterocycles. The van der Waals surface area contributed by atoms with Gasteiger partial charge in [0.25, 0.3) is 5.56 Å². The lowest BCUT2D eigenvalue weighted by molar-refractivity contribution is -0.115. The quantitative estimate of drug-likeness (QED) is 0.532. The number of likely N-dealkylation sites (N-methyl/N-ethyl adjacent to an activating group) is 1. The summed E-state index contributed by atoms with van der Waals surface area (Å²) in [7, 11) is 2.16. The summed E-state index contributed by atoms with van der Waals surface area (Å²) >= 11 is 3.00. The topological polar surface area (TPSA) is 81.3 Å². The number of nitrogens with one attached hydrogen (secondary N) is 2. The third-order valence-corrected chi connectivity index (χ3v) is 8.38. The molecule has 1 aliphatic heterocycles. The van der Waals surface area contributed by atoms with Crippen LogP contribution >= 0.6 is 23.1 Å². The summed E-state index contributed by atoms with van der Waals surface area (Å²) in [5.74, 6) is 1.02. The number of rotatable bonds is 7. The summed E-state index contributed by atoms with van der Waals surface area (Å²) in [5.41, 5.74) is 2.91. The van der Waals surface area contributed by atoms with E-state index in [1.807, 2.05) is 32.9 Å². The number of amides is 1. The first-order chi connectivity index (χ1) is 15.8. The smallest absolute Gasteiger partial charge is 0.259 e. The summed E-state index contributed by atoms with van der Waals surface area (Å²) in [4.78, 5) is 39.4. The molecule has 7 nitrogen and oxygen atoms in total. The Morgan fingerprint density at radius 3 is 2.79 bits per heavy atom. The molecular formula is C24H31N5O2S2. The normalized spacial score (nSPS) is 16.2. The Morgan fingerprint density at radius 1 is 1.27 bits per heavy atom. The number of hydrogen-bond acceptors (Lipinski definition) is 7. The summed E-state index contributed by atoms with van der Waals surface area (Å²) in [6.45, 7) is 11.0. The number of anilines is 1. The van der Waals surface area contributed by atoms with Gasteiger partial charge >= 0.3 is 0 Å². The number of benzene rings is 1. The maximum Gasteiger partial charge on any atom is 0.259 e. The van der Waals surface area contributed by atoms with Crippen LogP contribution in [-0.2, 0) is 17.1 Å². The van der Waals surface area contributed by atoms with Crippen LogP contribution in [-0.4, -0.2) is 64.2 Å². The van der Waals surface area contributed by atoms with Crippen molar-refractivity contribution in [3.8, 4) is 0 Å². The number of aryl methyl sites for hydroxylation is 2. The lowest BCUT2D eigenvalue weighted by Gasteiger charge is -2.32. The van der Waals surface area contributed by atoms with Crippen molar-refractivity contribution in [3.63, 3.8) is 0 Å². The highest BCUT2D eigenvalue weighted by atomic mass is 32.2. The van der Waals surface area contributed by atoms with Gasteiger partial charge in [0.15, 0.2) is 0 Å². The summed E-state index contributed by atoms with van der Waals surface area (Å²) < 4.78 is 0. The van der Waals surface area contributed by atoms with Crippen molar-refractivity contribution in [2.24, 2.45) is 0 Å². The van der Waals surface area contributed by atoms with Gasteiger partial charge in [-0.2, -0.15) is 0 Å². The molecule has 1 aromatic carbocycles. The maximum absolute atomic E-state index is 12.8. The monoisotopic (exact) mass is 485 g/mol. The second-order valence-corrected chi connectivity index (χ2v) is 11.2. The van der Waals surface area contributed by atoms with Gasteiger partial charge in [0.1, 0.15) is 10.7 Å². The van der Waals surface area contributed by atoms with Crippen LogP contribution in [0.5, 0.6) is 0 Å². The first kappa shape index (κ1) is 23.9. The molecule has 3 aromatic rings. The first-order valence-electron chi connectivity index (χ1n) is 11.2. The molecule has 3 heterocycles. The molecule has 0 saturated carbocycles. The number of thioether (sulfide) groups is 1. The average Bonchev–Trinajstić information content (AvgIpc) is 3.07. The Hall–Kier alpha value is -2.20. The van der Waals surface area contributed by atoms with E-state index >= 15 is 0 Å². The van der Waals surface area contributed by atoms with Gasteiger partial charge in [0.05, 0.1) is 16.4 Å². The Bertz CT molecular complexity index is 1200. The predicted octanol–water partition coefficient (Wildman–Crippen LogP) is 3.61. The molecule has 1 fully saturated rings. The highest BCUT2D eigenvalue weighted by Gasteiger charge is 2.17. The van der Waals surface area contributed by atoms with E-state index in [1.54, 1.807) is 0 Å². The van der Waals surface area contributed by atoms with Crippen molar-refractivity contribution in [2.45, 2.75) is 38.3 Å². The number of hydrogen-bond donors (Lipinski definition) is 2. The van der Waals surface area contributed by atoms with E-state index in [-0.39, 0.29) is 16.7 Å². The van der Waals surface area contributed by atoms with E-state index < -0.39 is 0 Å². The lowest BCUT2D eigenvalue weighted by atomic mass is 10.1. The zero-order valence-corrected chi connectivity index (χ0v) is 21.2. The number of carbonyl (C=O) groups excluding carboxylic acids is 1. The van der Waals surface area contributed by atoms with E-state index in [4.69, 9.17) is 0 Å². The molecule has 0 spiro atoms. The summed E-state index contributed by atoms with van der Waals surface area (Å²) in [5, 5.41) is 3.43. The fraction of sp³-hybridized carbons (Fsp3) is 0.458. The summed E-state index contributed by atoms with van der Waals surface area (Å²) in [6, 6.07) is 8.09. The number of carbonyl (C=O) groups is 1. The van der Waals surface area contributed by atoms with Gasteiger partial charge < -0.3 is 15.2 Å². The maximum atomic E-state index is 12.8. The second-order valence-electron chi connectivity index (χ2n) is 8.70. The molecule has 9 heteroatoms. The van der Waals surface area contributed by atoms with Crippen molar-refractivity contribution >= 4 is 44.9 Å². The molecule has 0 radical (unpaired) electrons. The molecule has 4 rings (SSSR count). The van der Waals surface area contributed by atoms with Crippen LogP contribution in [0.1, 0.15) is 28.8 Å². The van der Waals surface area contributed by atoms with Gasteiger partial charge in [-0.25, -0.2) is 4.98 Å². The number of aromatic nitrogens is 2. The Balaban J connectivity index is 1.33. The third kappa shape index (κ3) is 5.84. The summed E-state index contributed by atoms with van der Waals surface area (Å²) in [6.07, 6.45) is 0. The number of fused-ring (bicyclic) bond motifs is 1. The fourth-order valence-electron chi connectivity index (χ4n) is 3.90. The van der Waals surface area contributed by atoms with Crippen LogP contribution in [0.2, 0.25) is 0 Å². The SMILES string of the molecule is Cc1sc2nc(CSC(C)C(=O)Nc3cccc(CN4CCN(C)CC4)c3)[nH]c(=O)c2c1C. The van der Waals surface area contributed by atoms with Crippen molar-refractivity contribution in [1.29, 1.82) is 0 Å². The zero-order valence-electron chi connectivity index (χ0n) is 19.6. The number of thiophene rings is 1. The lowest BCUT2D eigenvalue weighted by Crippen LogP contribution is -2.43. The van der Waals surface area contributed by atoms with Crippen LogP contribution in [0, 0.1) is 13.8 Å². The molecule has 0 bridgehead atoms. The van der Waals surface area contributed by atoms with Gasteiger partial charge in [0.2, 0.25) is 5.91 Å². The molecule has 2 N–H and O–H groups in total. The van der Waals surface area contributed by atoms with Crippen LogP contribution in [0.4, 0.5) is 5.69 Å². The molecule has 1 atom stereocenters. The van der Waals surface area contributed by atoms with Gasteiger partial charge in [-0.1, -0.05) is 12.1 Å². The Labute approximate surface area is 202 Å². The average molecular weight is 486 g/mol. The zero-order chi connectivity index (χ0) is 23.5. The van der Waals surface area contributed by atoms with Crippen molar-refractivity contribution in [3.05, 3.63) is 56.4 Å². The van der Waals surface area contributed by atoms with E-state index in [0.717, 1.165) is 53.7 Å². The first-order valence-corrected chi connectivity index (χ1v) is 13.1.